The smallest absolute Gasteiger partial charge is 0.305 e. The molecule has 2 rings (SSSR count). The van der Waals surface area contributed by atoms with Crippen molar-refractivity contribution in [2.24, 2.45) is 0 Å². The summed E-state index contributed by atoms with van der Waals surface area (Å²) in [5.41, 5.74) is 5.86. The van der Waals surface area contributed by atoms with Crippen LogP contribution >= 0.6 is 12.2 Å². The number of fused-ring (bicyclic) bond motifs is 1. The number of unbranched alkanes of at least 4 members (excludes halogenated alkanes) is 2. The lowest BCUT2D eigenvalue weighted by Gasteiger charge is -2.10. The second-order valence-electron chi connectivity index (χ2n) is 4.69. The van der Waals surface area contributed by atoms with E-state index in [0.717, 1.165) is 31.2 Å². The number of hydrogen-bond acceptors (Lipinski definition) is 3. The van der Waals surface area contributed by atoms with E-state index in [2.05, 4.69) is 23.1 Å². The molecule has 6 heteroatoms. The largest absolute Gasteiger partial charge is 0.451 e. The molecule has 3 N–H and O–H groups in total. The fourth-order valence-electron chi connectivity index (χ4n) is 1.89. The van der Waals surface area contributed by atoms with Crippen LogP contribution in [0.3, 0.4) is 0 Å². The normalized spacial score (nSPS) is 10.3. The molecule has 0 aliphatic carbocycles. The molecule has 1 heterocycles. The maximum atomic E-state index is 11.9. The van der Waals surface area contributed by atoms with Crippen LogP contribution in [0.5, 0.6) is 0 Å². The topological polar surface area (TPSA) is 66.3 Å². The van der Waals surface area contributed by atoms with Crippen molar-refractivity contribution in [3.05, 3.63) is 36.1 Å². The number of rotatable bonds is 5. The summed E-state index contributed by atoms with van der Waals surface area (Å²) in [5, 5.41) is 4.32. The van der Waals surface area contributed by atoms with Gasteiger partial charge in [0.05, 0.1) is 0 Å². The number of amides is 1. The molecule has 0 fully saturated rings. The quantitative estimate of drug-likeness (QED) is 0.450. The van der Waals surface area contributed by atoms with Crippen LogP contribution in [-0.4, -0.2) is 17.6 Å². The Morgan fingerprint density at radius 2 is 2.05 bits per heavy atom. The minimum absolute atomic E-state index is 0.248. The first-order valence-electron chi connectivity index (χ1n) is 7.03. The van der Waals surface area contributed by atoms with Gasteiger partial charge in [-0.2, -0.15) is 0 Å². The van der Waals surface area contributed by atoms with Gasteiger partial charge < -0.3 is 9.73 Å². The summed E-state index contributed by atoms with van der Waals surface area (Å²) in [6.07, 6.45) is 3.36. The molecule has 2 aromatic rings. The third-order valence-corrected chi connectivity index (χ3v) is 3.25. The van der Waals surface area contributed by atoms with E-state index < -0.39 is 0 Å². The number of carbonyl (C=O) groups excluding carboxylic acids is 1. The Morgan fingerprint density at radius 1 is 1.24 bits per heavy atom. The highest BCUT2D eigenvalue weighted by atomic mass is 32.1. The third-order valence-electron chi connectivity index (χ3n) is 3.00. The van der Waals surface area contributed by atoms with E-state index in [1.165, 1.54) is 0 Å². The Bertz CT molecular complexity index is 591. The summed E-state index contributed by atoms with van der Waals surface area (Å²) in [6.45, 7) is 2.93. The van der Waals surface area contributed by atoms with Crippen LogP contribution in [0.1, 0.15) is 36.7 Å². The Balaban J connectivity index is 1.80. The summed E-state index contributed by atoms with van der Waals surface area (Å²) in [6, 6.07) is 9.17. The highest BCUT2D eigenvalue weighted by Crippen LogP contribution is 2.18. The van der Waals surface area contributed by atoms with Gasteiger partial charge in [-0.05, 0) is 30.8 Å². The maximum absolute atomic E-state index is 11.9. The molecule has 0 saturated heterocycles. The zero-order valence-corrected chi connectivity index (χ0v) is 12.8. The summed E-state index contributed by atoms with van der Waals surface area (Å²) in [5.74, 6) is -0.110. The van der Waals surface area contributed by atoms with Crippen molar-refractivity contribution in [2.45, 2.75) is 26.2 Å². The molecule has 1 amide bonds. The van der Waals surface area contributed by atoms with Crippen LogP contribution in [0, 0.1) is 0 Å². The van der Waals surface area contributed by atoms with Gasteiger partial charge in [-0.25, -0.2) is 0 Å². The zero-order valence-electron chi connectivity index (χ0n) is 11.9. The first kappa shape index (κ1) is 15.3. The number of thiocarbonyl (C=S) groups is 1. The molecule has 0 unspecified atom stereocenters. The maximum Gasteiger partial charge on any atom is 0.305 e. The molecule has 0 bridgehead atoms. The third kappa shape index (κ3) is 4.46. The van der Waals surface area contributed by atoms with Crippen LogP contribution in [0.2, 0.25) is 0 Å². The SMILES string of the molecule is CCCCCNC(=S)NNC(=O)c1cc2ccccc2o1. The lowest BCUT2D eigenvalue weighted by atomic mass is 10.2. The van der Waals surface area contributed by atoms with E-state index in [1.807, 2.05) is 24.3 Å². The molecule has 0 saturated carbocycles. The second kappa shape index (κ2) is 7.64. The molecule has 1 aromatic carbocycles. The number of carbonyl (C=O) groups is 1. The fourth-order valence-corrected chi connectivity index (χ4v) is 2.04. The van der Waals surface area contributed by atoms with Crippen molar-refractivity contribution >= 4 is 34.2 Å². The van der Waals surface area contributed by atoms with Gasteiger partial charge in [0.1, 0.15) is 5.58 Å². The predicted octanol–water partition coefficient (Wildman–Crippen LogP) is 2.73. The molecule has 112 valence electrons. The van der Waals surface area contributed by atoms with E-state index in [0.29, 0.717) is 10.7 Å². The van der Waals surface area contributed by atoms with Gasteiger partial charge in [-0.15, -0.1) is 0 Å². The summed E-state index contributed by atoms with van der Waals surface area (Å²) >= 11 is 5.07. The van der Waals surface area contributed by atoms with Crippen molar-refractivity contribution in [1.29, 1.82) is 0 Å². The van der Waals surface area contributed by atoms with Crippen molar-refractivity contribution in [2.75, 3.05) is 6.54 Å². The average Bonchev–Trinajstić information content (AvgIpc) is 2.93. The van der Waals surface area contributed by atoms with E-state index >= 15 is 0 Å². The van der Waals surface area contributed by atoms with Crippen molar-refractivity contribution in [3.63, 3.8) is 0 Å². The number of nitrogens with one attached hydrogen (secondary N) is 3. The molecule has 0 radical (unpaired) electrons. The highest BCUT2D eigenvalue weighted by molar-refractivity contribution is 7.80. The summed E-state index contributed by atoms with van der Waals surface area (Å²) in [4.78, 5) is 11.9. The van der Waals surface area contributed by atoms with Gasteiger partial charge in [0, 0.05) is 11.9 Å². The van der Waals surface area contributed by atoms with E-state index in [-0.39, 0.29) is 11.7 Å². The number of para-hydroxylation sites is 1. The van der Waals surface area contributed by atoms with Crippen molar-refractivity contribution in [3.8, 4) is 0 Å². The lowest BCUT2D eigenvalue weighted by molar-refractivity contribution is 0.0918. The summed E-state index contributed by atoms with van der Waals surface area (Å²) < 4.78 is 5.46. The van der Waals surface area contributed by atoms with Gasteiger partial charge in [-0.1, -0.05) is 38.0 Å². The van der Waals surface area contributed by atoms with Gasteiger partial charge in [0.25, 0.3) is 0 Å². The van der Waals surface area contributed by atoms with E-state index in [4.69, 9.17) is 16.6 Å². The molecule has 5 nitrogen and oxygen atoms in total. The standard InChI is InChI=1S/C15H19N3O2S/c1-2-3-6-9-16-15(21)18-17-14(19)13-10-11-7-4-5-8-12(11)20-13/h4-5,7-8,10H,2-3,6,9H2,1H3,(H,17,19)(H2,16,18,21). The fraction of sp³-hybridized carbons (Fsp3) is 0.333. The zero-order chi connectivity index (χ0) is 15.1. The second-order valence-corrected chi connectivity index (χ2v) is 5.10. The van der Waals surface area contributed by atoms with Gasteiger partial charge in [-0.3, -0.25) is 15.6 Å². The molecular weight excluding hydrogens is 286 g/mol. The first-order chi connectivity index (χ1) is 10.2. The Hall–Kier alpha value is -2.08. The molecule has 0 spiro atoms. The number of hydrogen-bond donors (Lipinski definition) is 3. The average molecular weight is 305 g/mol. The number of hydrazine groups is 1. The van der Waals surface area contributed by atoms with Crippen LogP contribution in [-0.2, 0) is 0 Å². The molecular formula is C15H19N3O2S. The monoisotopic (exact) mass is 305 g/mol. The minimum Gasteiger partial charge on any atom is -0.451 e. The Kier molecular flexibility index (Phi) is 5.57. The number of furan rings is 1. The van der Waals surface area contributed by atoms with Gasteiger partial charge >= 0.3 is 5.91 Å². The Morgan fingerprint density at radius 3 is 2.81 bits per heavy atom. The molecule has 1 aromatic heterocycles. The molecule has 0 aliphatic heterocycles. The number of benzene rings is 1. The van der Waals surface area contributed by atoms with Crippen LogP contribution in [0.25, 0.3) is 11.0 Å². The Labute approximate surface area is 129 Å². The molecule has 0 atom stereocenters. The molecule has 0 aliphatic rings. The van der Waals surface area contributed by atoms with Crippen molar-refractivity contribution in [1.82, 2.24) is 16.2 Å². The highest BCUT2D eigenvalue weighted by Gasteiger charge is 2.11. The molecule has 21 heavy (non-hydrogen) atoms. The van der Waals surface area contributed by atoms with E-state index in [1.54, 1.807) is 6.07 Å². The summed E-state index contributed by atoms with van der Waals surface area (Å²) in [7, 11) is 0. The minimum atomic E-state index is -0.357. The van der Waals surface area contributed by atoms with Gasteiger partial charge in [0.15, 0.2) is 10.9 Å². The first-order valence-corrected chi connectivity index (χ1v) is 7.44. The van der Waals surface area contributed by atoms with Crippen LogP contribution < -0.4 is 16.2 Å². The van der Waals surface area contributed by atoms with Crippen molar-refractivity contribution < 1.29 is 9.21 Å². The van der Waals surface area contributed by atoms with Gasteiger partial charge in [0.2, 0.25) is 0 Å². The van der Waals surface area contributed by atoms with E-state index in [9.17, 15) is 4.79 Å². The lowest BCUT2D eigenvalue weighted by Crippen LogP contribution is -2.46. The van der Waals surface area contributed by atoms with Crippen LogP contribution in [0.15, 0.2) is 34.7 Å². The predicted molar refractivity (Wildman–Crippen MR) is 86.9 cm³/mol. The van der Waals surface area contributed by atoms with Crippen LogP contribution in [0.4, 0.5) is 0 Å².